The Labute approximate surface area is 265 Å². The number of pyridine rings is 1. The first kappa shape index (κ1) is 32.8. The van der Waals surface area contributed by atoms with Gasteiger partial charge in [0.15, 0.2) is 5.65 Å². The third-order valence-electron chi connectivity index (χ3n) is 8.86. The fraction of sp³-hybridized carbons (Fsp3) is 0.429. The van der Waals surface area contributed by atoms with E-state index in [0.717, 1.165) is 12.5 Å². The average Bonchev–Trinajstić information content (AvgIpc) is 2.96. The SMILES string of the molecule is CCCC(=N)c1c(Cl)ccc(-n2c(C(Cc3cc(F)cc(F)c3)C(C)C)nc3nc(C4CCC(F)(F)CC4)ccc3c2=O)c1C. The quantitative estimate of drug-likeness (QED) is 0.146. The molecule has 0 bridgehead atoms. The molecule has 1 aliphatic rings. The number of fused-ring (bicyclic) bond motifs is 1. The van der Waals surface area contributed by atoms with E-state index in [0.29, 0.717) is 51.1 Å². The summed E-state index contributed by atoms with van der Waals surface area (Å²) in [6, 6.07) is 10.1. The summed E-state index contributed by atoms with van der Waals surface area (Å²) in [5.74, 6) is -4.51. The van der Waals surface area contributed by atoms with Crippen molar-refractivity contribution < 1.29 is 17.6 Å². The van der Waals surface area contributed by atoms with Gasteiger partial charge in [0.2, 0.25) is 5.92 Å². The molecule has 1 saturated carbocycles. The molecule has 1 unspecified atom stereocenters. The number of aromatic nitrogens is 3. The summed E-state index contributed by atoms with van der Waals surface area (Å²) < 4.78 is 57.8. The highest BCUT2D eigenvalue weighted by atomic mass is 35.5. The Balaban J connectivity index is 1.74. The summed E-state index contributed by atoms with van der Waals surface area (Å²) in [6.45, 7) is 7.68. The molecule has 2 aromatic heterocycles. The standard InChI is InChI=1S/C35H37ClF4N4O/c1-5-6-28(41)31-20(4)30(10-8-27(31)36)44-33(26(19(2)3)17-21-15-23(37)18-24(38)16-21)43-32-25(34(44)45)7-9-29(42-32)22-11-13-35(39,40)14-12-22/h7-10,15-16,18-19,22,26,41H,5-6,11-14,17H2,1-4H3. The highest BCUT2D eigenvalue weighted by molar-refractivity contribution is 6.34. The minimum atomic E-state index is -2.68. The van der Waals surface area contributed by atoms with E-state index in [1.54, 1.807) is 24.3 Å². The fourth-order valence-corrected chi connectivity index (χ4v) is 6.72. The first-order chi connectivity index (χ1) is 21.3. The van der Waals surface area contributed by atoms with E-state index in [9.17, 15) is 22.4 Å². The highest BCUT2D eigenvalue weighted by Gasteiger charge is 2.36. The minimum absolute atomic E-state index is 0.124. The summed E-state index contributed by atoms with van der Waals surface area (Å²) in [5.41, 5.74) is 2.86. The minimum Gasteiger partial charge on any atom is -0.305 e. The highest BCUT2D eigenvalue weighted by Crippen LogP contribution is 2.41. The fourth-order valence-electron chi connectivity index (χ4n) is 6.41. The lowest BCUT2D eigenvalue weighted by molar-refractivity contribution is -0.0384. The van der Waals surface area contributed by atoms with Gasteiger partial charge in [0.25, 0.3) is 5.56 Å². The van der Waals surface area contributed by atoms with Gasteiger partial charge in [-0.25, -0.2) is 27.5 Å². The molecule has 4 aromatic rings. The van der Waals surface area contributed by atoms with Gasteiger partial charge >= 0.3 is 0 Å². The van der Waals surface area contributed by atoms with Crippen LogP contribution >= 0.6 is 11.6 Å². The predicted molar refractivity (Wildman–Crippen MR) is 170 cm³/mol. The van der Waals surface area contributed by atoms with Crippen molar-refractivity contribution in [2.45, 2.75) is 90.4 Å². The summed E-state index contributed by atoms with van der Waals surface area (Å²) in [6.07, 6.45) is 1.56. The first-order valence-corrected chi connectivity index (χ1v) is 15.8. The number of nitrogens with zero attached hydrogens (tertiary/aromatic N) is 3. The van der Waals surface area contributed by atoms with Crippen LogP contribution < -0.4 is 5.56 Å². The van der Waals surface area contributed by atoms with Crippen molar-refractivity contribution in [3.05, 3.63) is 97.7 Å². The molecule has 2 heterocycles. The number of nitrogens with one attached hydrogen (secondary N) is 1. The van der Waals surface area contributed by atoms with Crippen LogP contribution in [0.4, 0.5) is 17.6 Å². The van der Waals surface area contributed by atoms with Crippen LogP contribution in [-0.4, -0.2) is 26.2 Å². The molecule has 5 rings (SSSR count). The maximum Gasteiger partial charge on any atom is 0.267 e. The zero-order chi connectivity index (χ0) is 32.6. The van der Waals surface area contributed by atoms with E-state index in [4.69, 9.17) is 27.0 Å². The molecule has 10 heteroatoms. The molecule has 0 amide bonds. The lowest BCUT2D eigenvalue weighted by Crippen LogP contribution is -2.30. The van der Waals surface area contributed by atoms with E-state index in [2.05, 4.69) is 0 Å². The lowest BCUT2D eigenvalue weighted by Gasteiger charge is -2.28. The van der Waals surface area contributed by atoms with Crippen molar-refractivity contribution in [1.29, 1.82) is 5.41 Å². The van der Waals surface area contributed by atoms with Crippen molar-refractivity contribution >= 4 is 28.3 Å². The van der Waals surface area contributed by atoms with Gasteiger partial charge in [0.05, 0.1) is 16.1 Å². The zero-order valence-electron chi connectivity index (χ0n) is 25.9. The molecule has 45 heavy (non-hydrogen) atoms. The topological polar surface area (TPSA) is 71.6 Å². The normalized spacial score (nSPS) is 16.0. The monoisotopic (exact) mass is 640 g/mol. The molecule has 0 aliphatic heterocycles. The van der Waals surface area contributed by atoms with Crippen LogP contribution in [0.5, 0.6) is 0 Å². The van der Waals surface area contributed by atoms with E-state index < -0.39 is 29.0 Å². The van der Waals surface area contributed by atoms with Gasteiger partial charge in [-0.1, -0.05) is 38.8 Å². The average molecular weight is 641 g/mol. The predicted octanol–water partition coefficient (Wildman–Crippen LogP) is 9.46. The van der Waals surface area contributed by atoms with Gasteiger partial charge in [0.1, 0.15) is 17.5 Å². The number of rotatable bonds is 9. The van der Waals surface area contributed by atoms with E-state index >= 15 is 0 Å². The second-order valence-corrected chi connectivity index (χ2v) is 12.9. The second-order valence-electron chi connectivity index (χ2n) is 12.5. The number of alkyl halides is 2. The molecule has 1 fully saturated rings. The molecule has 1 N–H and O–H groups in total. The van der Waals surface area contributed by atoms with Gasteiger partial charge in [-0.15, -0.1) is 0 Å². The van der Waals surface area contributed by atoms with E-state index in [1.165, 1.54) is 16.7 Å². The number of hydrogen-bond donors (Lipinski definition) is 1. The second kappa shape index (κ2) is 13.0. The molecule has 238 valence electrons. The Kier molecular flexibility index (Phi) is 9.49. The van der Waals surface area contributed by atoms with Crippen molar-refractivity contribution in [2.75, 3.05) is 0 Å². The largest absolute Gasteiger partial charge is 0.305 e. The van der Waals surface area contributed by atoms with Crippen molar-refractivity contribution in [1.82, 2.24) is 14.5 Å². The molecule has 0 radical (unpaired) electrons. The van der Waals surface area contributed by atoms with Crippen LogP contribution in [0.2, 0.25) is 5.02 Å². The summed E-state index contributed by atoms with van der Waals surface area (Å²) >= 11 is 6.58. The van der Waals surface area contributed by atoms with Crippen molar-refractivity contribution in [3.63, 3.8) is 0 Å². The molecular formula is C35H37ClF4N4O. The van der Waals surface area contributed by atoms with Gasteiger partial charge < -0.3 is 5.41 Å². The smallest absolute Gasteiger partial charge is 0.267 e. The molecule has 5 nitrogen and oxygen atoms in total. The van der Waals surface area contributed by atoms with Crippen LogP contribution in [0, 0.1) is 29.9 Å². The number of halogens is 5. The van der Waals surface area contributed by atoms with Gasteiger partial charge in [-0.05, 0) is 86.1 Å². The Morgan fingerprint density at radius 1 is 1.07 bits per heavy atom. The zero-order valence-corrected chi connectivity index (χ0v) is 26.6. The third kappa shape index (κ3) is 6.83. The lowest BCUT2D eigenvalue weighted by atomic mass is 9.84. The van der Waals surface area contributed by atoms with Crippen LogP contribution in [0.3, 0.4) is 0 Å². The summed E-state index contributed by atoms with van der Waals surface area (Å²) in [4.78, 5) is 24.1. The van der Waals surface area contributed by atoms with E-state index in [-0.39, 0.29) is 55.0 Å². The molecule has 0 saturated heterocycles. The molecule has 1 aliphatic carbocycles. The molecule has 1 atom stereocenters. The van der Waals surface area contributed by atoms with Gasteiger partial charge in [-0.2, -0.15) is 0 Å². The molecule has 0 spiro atoms. The summed E-state index contributed by atoms with van der Waals surface area (Å²) in [5, 5.41) is 9.33. The third-order valence-corrected chi connectivity index (χ3v) is 9.17. The Morgan fingerprint density at radius 2 is 1.73 bits per heavy atom. The maximum atomic E-state index is 14.4. The van der Waals surface area contributed by atoms with Crippen LogP contribution in [0.1, 0.15) is 99.3 Å². The Hall–Kier alpha value is -3.59. The molecule has 2 aromatic carbocycles. The summed E-state index contributed by atoms with van der Waals surface area (Å²) in [7, 11) is 0. The van der Waals surface area contributed by atoms with Crippen LogP contribution in [0.15, 0.2) is 47.3 Å². The van der Waals surface area contributed by atoms with Crippen LogP contribution in [0.25, 0.3) is 16.7 Å². The van der Waals surface area contributed by atoms with Crippen molar-refractivity contribution in [2.24, 2.45) is 5.92 Å². The molecular weight excluding hydrogens is 604 g/mol. The van der Waals surface area contributed by atoms with E-state index in [1.807, 2.05) is 27.7 Å². The van der Waals surface area contributed by atoms with Crippen LogP contribution in [-0.2, 0) is 6.42 Å². The number of benzene rings is 2. The first-order valence-electron chi connectivity index (χ1n) is 15.4. The number of hydrogen-bond acceptors (Lipinski definition) is 4. The van der Waals surface area contributed by atoms with Gasteiger partial charge in [-0.3, -0.25) is 9.36 Å². The van der Waals surface area contributed by atoms with Gasteiger partial charge in [0, 0.05) is 47.7 Å². The Bertz CT molecular complexity index is 1790. The maximum absolute atomic E-state index is 14.4. The Morgan fingerprint density at radius 3 is 2.36 bits per heavy atom. The van der Waals surface area contributed by atoms with Crippen molar-refractivity contribution in [3.8, 4) is 5.69 Å².